The molecule has 7 atom stereocenters. The van der Waals surface area contributed by atoms with Crippen LogP contribution in [0, 0.1) is 22.7 Å². The SMILES string of the molecule is CC(NC(=O)N(Cc1cccc2ccccc12)CC1(O)CCC2C3=CC=C4CC(O)CCC4(C)C3CCC21C)c1ccccc1. The molecule has 0 heterocycles. The number of hydrogen-bond acceptors (Lipinski definition) is 3. The molecule has 0 radical (unpaired) electrons. The molecule has 7 unspecified atom stereocenters. The predicted octanol–water partition coefficient (Wildman–Crippen LogP) is 8.09. The Balaban J connectivity index is 1.19. The standard InChI is InChI=1S/C40H48N2O3/c1-27(28-10-5-4-6-11-28)41-37(44)42(25-30-14-9-13-29-12-7-8-15-33(29)30)26-40(45)23-20-36-34-17-16-31-24-32(43)18-21-38(31,2)35(34)19-22-39(36,40)3/h4-17,27,32,35-36,43,45H,18-26H2,1-3H3,(H,41,44). The van der Waals surface area contributed by atoms with Crippen molar-refractivity contribution in [2.75, 3.05) is 6.54 Å². The summed E-state index contributed by atoms with van der Waals surface area (Å²) < 4.78 is 0. The highest BCUT2D eigenvalue weighted by Gasteiger charge is 2.62. The van der Waals surface area contributed by atoms with E-state index in [0.29, 0.717) is 25.4 Å². The van der Waals surface area contributed by atoms with Crippen LogP contribution in [0.2, 0.25) is 0 Å². The van der Waals surface area contributed by atoms with Gasteiger partial charge in [0.2, 0.25) is 0 Å². The van der Waals surface area contributed by atoms with E-state index >= 15 is 0 Å². The van der Waals surface area contributed by atoms with Crippen molar-refractivity contribution in [3.63, 3.8) is 0 Å². The van der Waals surface area contributed by atoms with Gasteiger partial charge in [0.1, 0.15) is 0 Å². The van der Waals surface area contributed by atoms with Gasteiger partial charge in [-0.25, -0.2) is 4.79 Å². The average Bonchev–Trinajstić information content (AvgIpc) is 3.31. The van der Waals surface area contributed by atoms with E-state index in [1.54, 1.807) is 0 Å². The second kappa shape index (κ2) is 11.4. The van der Waals surface area contributed by atoms with Crippen molar-refractivity contribution in [1.82, 2.24) is 10.2 Å². The fraction of sp³-hybridized carbons (Fsp3) is 0.475. The van der Waals surface area contributed by atoms with Crippen molar-refractivity contribution in [2.24, 2.45) is 22.7 Å². The van der Waals surface area contributed by atoms with Gasteiger partial charge in [-0.3, -0.25) is 0 Å². The molecule has 7 rings (SSSR count). The van der Waals surface area contributed by atoms with Crippen LogP contribution in [0.4, 0.5) is 4.79 Å². The number of urea groups is 1. The Bertz CT molecular complexity index is 1640. The van der Waals surface area contributed by atoms with Gasteiger partial charge < -0.3 is 20.4 Å². The summed E-state index contributed by atoms with van der Waals surface area (Å²) in [5.74, 6) is 0.751. The maximum absolute atomic E-state index is 14.2. The van der Waals surface area contributed by atoms with E-state index in [-0.39, 0.29) is 34.9 Å². The molecule has 0 spiro atoms. The second-order valence-corrected chi connectivity index (χ2v) is 14.9. The van der Waals surface area contributed by atoms with Crippen LogP contribution in [0.15, 0.2) is 96.1 Å². The largest absolute Gasteiger partial charge is 0.393 e. The summed E-state index contributed by atoms with van der Waals surface area (Å²) in [6, 6.07) is 24.4. The van der Waals surface area contributed by atoms with Crippen LogP contribution in [-0.4, -0.2) is 39.4 Å². The Morgan fingerprint density at radius 3 is 2.47 bits per heavy atom. The van der Waals surface area contributed by atoms with Crippen LogP contribution in [-0.2, 0) is 6.54 Å². The van der Waals surface area contributed by atoms with Crippen molar-refractivity contribution in [1.29, 1.82) is 0 Å². The van der Waals surface area contributed by atoms with Crippen molar-refractivity contribution in [3.8, 4) is 0 Å². The van der Waals surface area contributed by atoms with Crippen LogP contribution >= 0.6 is 0 Å². The number of aliphatic hydroxyl groups is 2. The fourth-order valence-electron chi connectivity index (χ4n) is 9.61. The third-order valence-electron chi connectivity index (χ3n) is 12.5. The first-order valence-corrected chi connectivity index (χ1v) is 17.0. The Hall–Kier alpha value is -3.41. The molecule has 3 saturated carbocycles. The lowest BCUT2D eigenvalue weighted by molar-refractivity contribution is -0.0972. The van der Waals surface area contributed by atoms with Gasteiger partial charge in [-0.15, -0.1) is 0 Å². The average molecular weight is 605 g/mol. The molecule has 3 fully saturated rings. The van der Waals surface area contributed by atoms with E-state index < -0.39 is 5.60 Å². The molecule has 0 aromatic heterocycles. The van der Waals surface area contributed by atoms with Crippen LogP contribution in [0.25, 0.3) is 10.8 Å². The third-order valence-corrected chi connectivity index (χ3v) is 12.5. The highest BCUT2D eigenvalue weighted by Crippen LogP contribution is 2.66. The maximum atomic E-state index is 14.2. The number of fused-ring (bicyclic) bond motifs is 6. The first-order chi connectivity index (χ1) is 21.6. The van der Waals surface area contributed by atoms with Crippen molar-refractivity contribution in [2.45, 2.75) is 90.0 Å². The summed E-state index contributed by atoms with van der Waals surface area (Å²) in [7, 11) is 0. The Labute approximate surface area is 268 Å². The zero-order valence-corrected chi connectivity index (χ0v) is 27.0. The molecule has 5 heteroatoms. The Kier molecular flexibility index (Phi) is 7.69. The lowest BCUT2D eigenvalue weighted by atomic mass is 9.50. The van der Waals surface area contributed by atoms with Gasteiger partial charge in [0.15, 0.2) is 0 Å². The number of nitrogens with one attached hydrogen (secondary N) is 1. The van der Waals surface area contributed by atoms with Gasteiger partial charge in [-0.1, -0.05) is 110 Å². The molecule has 4 aliphatic rings. The molecular weight excluding hydrogens is 556 g/mol. The monoisotopic (exact) mass is 604 g/mol. The molecule has 0 aliphatic heterocycles. The number of benzene rings is 3. The lowest BCUT2D eigenvalue weighted by Gasteiger charge is -2.56. The zero-order valence-electron chi connectivity index (χ0n) is 27.0. The highest BCUT2D eigenvalue weighted by molar-refractivity contribution is 5.86. The molecule has 3 aromatic rings. The van der Waals surface area contributed by atoms with E-state index in [2.05, 4.69) is 61.6 Å². The van der Waals surface area contributed by atoms with E-state index in [0.717, 1.165) is 60.4 Å². The summed E-state index contributed by atoms with van der Waals surface area (Å²) in [6.45, 7) is 7.44. The lowest BCUT2D eigenvalue weighted by Crippen LogP contribution is -2.57. The molecule has 4 aliphatic carbocycles. The molecule has 236 valence electrons. The Morgan fingerprint density at radius 1 is 0.911 bits per heavy atom. The predicted molar refractivity (Wildman–Crippen MR) is 180 cm³/mol. The van der Waals surface area contributed by atoms with Crippen LogP contribution in [0.3, 0.4) is 0 Å². The quantitative estimate of drug-likeness (QED) is 0.266. The first-order valence-electron chi connectivity index (χ1n) is 17.0. The minimum Gasteiger partial charge on any atom is -0.393 e. The number of amides is 2. The van der Waals surface area contributed by atoms with E-state index in [4.69, 9.17) is 0 Å². The number of nitrogens with zero attached hydrogens (tertiary/aromatic N) is 1. The van der Waals surface area contributed by atoms with Gasteiger partial charge >= 0.3 is 6.03 Å². The number of rotatable bonds is 6. The van der Waals surface area contributed by atoms with Crippen molar-refractivity contribution >= 4 is 16.8 Å². The highest BCUT2D eigenvalue weighted by atomic mass is 16.3. The summed E-state index contributed by atoms with van der Waals surface area (Å²) in [5.41, 5.74) is 3.80. The van der Waals surface area contributed by atoms with Gasteiger partial charge in [0, 0.05) is 12.0 Å². The van der Waals surface area contributed by atoms with E-state index in [1.165, 1.54) is 11.1 Å². The normalized spacial score (nSPS) is 32.9. The molecule has 0 bridgehead atoms. The van der Waals surface area contributed by atoms with Gasteiger partial charge in [-0.2, -0.15) is 0 Å². The minimum atomic E-state index is -1.00. The molecule has 0 saturated heterocycles. The molecule has 3 N–H and O–H groups in total. The third kappa shape index (κ3) is 5.13. The molecule has 5 nitrogen and oxygen atoms in total. The number of carbonyl (C=O) groups excluding carboxylic acids is 1. The smallest absolute Gasteiger partial charge is 0.318 e. The summed E-state index contributed by atoms with van der Waals surface area (Å²) in [4.78, 5) is 16.1. The number of hydrogen-bond donors (Lipinski definition) is 3. The summed E-state index contributed by atoms with van der Waals surface area (Å²) in [6.07, 6.45) is 10.7. The number of carbonyl (C=O) groups is 1. The minimum absolute atomic E-state index is 0.0964. The molecule has 45 heavy (non-hydrogen) atoms. The summed E-state index contributed by atoms with van der Waals surface area (Å²) in [5, 5.41) is 28.7. The van der Waals surface area contributed by atoms with Crippen LogP contribution in [0.1, 0.15) is 82.9 Å². The maximum Gasteiger partial charge on any atom is 0.318 e. The van der Waals surface area contributed by atoms with Gasteiger partial charge in [0.05, 0.1) is 24.3 Å². The molecule has 3 aromatic carbocycles. The Morgan fingerprint density at radius 2 is 1.64 bits per heavy atom. The van der Waals surface area contributed by atoms with Crippen LogP contribution < -0.4 is 5.32 Å². The van der Waals surface area contributed by atoms with E-state index in [1.807, 2.05) is 54.3 Å². The molecular formula is C40H48N2O3. The fourth-order valence-corrected chi connectivity index (χ4v) is 9.61. The van der Waals surface area contributed by atoms with E-state index in [9.17, 15) is 15.0 Å². The van der Waals surface area contributed by atoms with Crippen molar-refractivity contribution in [3.05, 3.63) is 107 Å². The van der Waals surface area contributed by atoms with Gasteiger partial charge in [-0.05, 0) is 91.0 Å². The molecule has 2 amide bonds. The number of allylic oxidation sites excluding steroid dienone is 3. The topological polar surface area (TPSA) is 72.8 Å². The summed E-state index contributed by atoms with van der Waals surface area (Å²) >= 11 is 0. The second-order valence-electron chi connectivity index (χ2n) is 14.9. The zero-order chi connectivity index (χ0) is 31.4. The van der Waals surface area contributed by atoms with Crippen LogP contribution in [0.5, 0.6) is 0 Å². The van der Waals surface area contributed by atoms with Crippen molar-refractivity contribution < 1.29 is 15.0 Å². The van der Waals surface area contributed by atoms with Gasteiger partial charge in [0.25, 0.3) is 0 Å². The number of aliphatic hydroxyl groups excluding tert-OH is 1. The first kappa shape index (κ1) is 30.3.